The number of carbonyl (C=O) groups is 2. The quantitative estimate of drug-likeness (QED) is 0.547. The number of fused-ring (bicyclic) bond motifs is 1. The Labute approximate surface area is 200 Å². The molecule has 0 aliphatic carbocycles. The molecule has 3 heterocycles. The molecule has 0 unspecified atom stereocenters. The first-order valence-electron chi connectivity index (χ1n) is 11.7. The van der Waals surface area contributed by atoms with Crippen LogP contribution in [0.2, 0.25) is 0 Å². The van der Waals surface area contributed by atoms with E-state index >= 15 is 0 Å². The van der Waals surface area contributed by atoms with Crippen molar-refractivity contribution in [3.05, 3.63) is 60.4 Å². The van der Waals surface area contributed by atoms with E-state index in [1.54, 1.807) is 24.3 Å². The van der Waals surface area contributed by atoms with Gasteiger partial charge in [-0.1, -0.05) is 18.2 Å². The summed E-state index contributed by atoms with van der Waals surface area (Å²) < 4.78 is 5.46. The Balaban J connectivity index is 1.47. The Kier molecular flexibility index (Phi) is 6.82. The third-order valence-electron chi connectivity index (χ3n) is 6.04. The van der Waals surface area contributed by atoms with Gasteiger partial charge in [-0.15, -0.1) is 0 Å². The van der Waals surface area contributed by atoms with Crippen LogP contribution >= 0.6 is 0 Å². The van der Waals surface area contributed by atoms with Gasteiger partial charge in [-0.3, -0.25) is 9.78 Å². The second-order valence-corrected chi connectivity index (χ2v) is 9.91. The number of piperidine rings is 1. The van der Waals surface area contributed by atoms with Crippen LogP contribution in [0.5, 0.6) is 0 Å². The summed E-state index contributed by atoms with van der Waals surface area (Å²) in [5, 5.41) is 0.854. The zero-order valence-corrected chi connectivity index (χ0v) is 20.3. The zero-order valence-electron chi connectivity index (χ0n) is 20.3. The molecular weight excluding hydrogens is 428 g/mol. The van der Waals surface area contributed by atoms with Gasteiger partial charge in [0.1, 0.15) is 5.60 Å². The third kappa shape index (κ3) is 5.53. The first-order chi connectivity index (χ1) is 16.2. The highest BCUT2D eigenvalue weighted by molar-refractivity contribution is 6.07. The summed E-state index contributed by atoms with van der Waals surface area (Å²) in [6, 6.07) is 13.4. The van der Waals surface area contributed by atoms with Crippen LogP contribution in [0.4, 0.5) is 4.79 Å². The van der Waals surface area contributed by atoms with Gasteiger partial charge in [0.15, 0.2) is 0 Å². The lowest BCUT2D eigenvalue weighted by Crippen LogP contribution is -2.43. The number of pyridine rings is 2. The highest BCUT2D eigenvalue weighted by Gasteiger charge is 2.28. The molecule has 0 saturated carbocycles. The summed E-state index contributed by atoms with van der Waals surface area (Å²) in [4.78, 5) is 38.4. The van der Waals surface area contributed by atoms with Gasteiger partial charge in [-0.05, 0) is 63.8 Å². The topological polar surface area (TPSA) is 75.6 Å². The molecule has 2 amide bonds. The van der Waals surface area contributed by atoms with E-state index in [-0.39, 0.29) is 12.0 Å². The SMILES string of the molecule is CN(CC1CCN(C(=O)c2cc(-c3cccnc3)nc3ccccc23)CC1)C(=O)OC(C)(C)C. The van der Waals surface area contributed by atoms with Crippen molar-refractivity contribution in [2.45, 2.75) is 39.2 Å². The molecule has 0 N–H and O–H groups in total. The van der Waals surface area contributed by atoms with Crippen molar-refractivity contribution >= 4 is 22.9 Å². The van der Waals surface area contributed by atoms with Gasteiger partial charge >= 0.3 is 6.09 Å². The van der Waals surface area contributed by atoms with Crippen molar-refractivity contribution in [3.63, 3.8) is 0 Å². The molecule has 0 radical (unpaired) electrons. The lowest BCUT2D eigenvalue weighted by Gasteiger charge is -2.34. The van der Waals surface area contributed by atoms with Crippen LogP contribution in [0.25, 0.3) is 22.2 Å². The molecule has 7 heteroatoms. The first kappa shape index (κ1) is 23.7. The summed E-state index contributed by atoms with van der Waals surface area (Å²) >= 11 is 0. The molecule has 7 nitrogen and oxygen atoms in total. The second-order valence-electron chi connectivity index (χ2n) is 9.91. The molecule has 0 spiro atoms. The number of likely N-dealkylation sites (tertiary alicyclic amines) is 1. The Morgan fingerprint density at radius 2 is 1.85 bits per heavy atom. The molecule has 1 aliphatic heterocycles. The van der Waals surface area contributed by atoms with E-state index in [2.05, 4.69) is 4.98 Å². The lowest BCUT2D eigenvalue weighted by molar-refractivity contribution is 0.0246. The molecule has 1 fully saturated rings. The fraction of sp³-hybridized carbons (Fsp3) is 0.407. The molecule has 0 bridgehead atoms. The molecule has 1 aromatic carbocycles. The predicted molar refractivity (Wildman–Crippen MR) is 132 cm³/mol. The van der Waals surface area contributed by atoms with Gasteiger partial charge < -0.3 is 14.5 Å². The maximum atomic E-state index is 13.6. The standard InChI is InChI=1S/C27H32N4O3/c1-27(2,3)34-26(33)30(4)18-19-11-14-31(15-12-19)25(32)22-16-24(20-8-7-13-28-17-20)29-23-10-6-5-9-21(22)23/h5-10,13,16-17,19H,11-12,14-15,18H2,1-4H3. The summed E-state index contributed by atoms with van der Waals surface area (Å²) in [5.41, 5.74) is 2.56. The van der Waals surface area contributed by atoms with Crippen LogP contribution in [0.1, 0.15) is 44.0 Å². The molecule has 1 saturated heterocycles. The normalized spacial score (nSPS) is 14.8. The third-order valence-corrected chi connectivity index (χ3v) is 6.04. The molecule has 178 valence electrons. The number of benzene rings is 1. The highest BCUT2D eigenvalue weighted by Crippen LogP contribution is 2.27. The minimum absolute atomic E-state index is 0.0164. The number of hydrogen-bond donors (Lipinski definition) is 0. The van der Waals surface area contributed by atoms with Crippen molar-refractivity contribution < 1.29 is 14.3 Å². The van der Waals surface area contributed by atoms with Crippen LogP contribution in [-0.4, -0.2) is 64.1 Å². The van der Waals surface area contributed by atoms with Crippen LogP contribution < -0.4 is 0 Å². The Hall–Kier alpha value is -3.48. The van der Waals surface area contributed by atoms with E-state index in [1.807, 2.05) is 68.1 Å². The Morgan fingerprint density at radius 3 is 2.53 bits per heavy atom. The van der Waals surface area contributed by atoms with E-state index in [0.717, 1.165) is 35.0 Å². The molecular formula is C27H32N4O3. The van der Waals surface area contributed by atoms with Crippen LogP contribution in [0.3, 0.4) is 0 Å². The number of hydrogen-bond acceptors (Lipinski definition) is 5. The van der Waals surface area contributed by atoms with E-state index in [4.69, 9.17) is 9.72 Å². The number of carbonyl (C=O) groups excluding carboxylic acids is 2. The average molecular weight is 461 g/mol. The number of aromatic nitrogens is 2. The average Bonchev–Trinajstić information content (AvgIpc) is 2.83. The number of ether oxygens (including phenoxy) is 1. The summed E-state index contributed by atoms with van der Waals surface area (Å²) in [6.07, 6.45) is 4.87. The van der Waals surface area contributed by atoms with E-state index in [0.29, 0.717) is 31.1 Å². The molecule has 2 aromatic heterocycles. The van der Waals surface area contributed by atoms with Gasteiger partial charge in [0.05, 0.1) is 16.8 Å². The zero-order chi connectivity index (χ0) is 24.3. The molecule has 34 heavy (non-hydrogen) atoms. The molecule has 3 aromatic rings. The summed E-state index contributed by atoms with van der Waals surface area (Å²) in [5.74, 6) is 0.351. The maximum absolute atomic E-state index is 13.6. The van der Waals surface area contributed by atoms with Crippen molar-refractivity contribution in [2.75, 3.05) is 26.7 Å². The largest absolute Gasteiger partial charge is 0.444 e. The van der Waals surface area contributed by atoms with Crippen molar-refractivity contribution in [3.8, 4) is 11.3 Å². The summed E-state index contributed by atoms with van der Waals surface area (Å²) in [6.45, 7) is 7.54. The van der Waals surface area contributed by atoms with Gasteiger partial charge in [-0.2, -0.15) is 0 Å². The minimum Gasteiger partial charge on any atom is -0.444 e. The number of rotatable bonds is 4. The van der Waals surface area contributed by atoms with E-state index in [1.165, 1.54) is 0 Å². The van der Waals surface area contributed by atoms with Gasteiger partial charge in [0, 0.05) is 50.0 Å². The van der Waals surface area contributed by atoms with Crippen molar-refractivity contribution in [1.82, 2.24) is 19.8 Å². The molecule has 4 rings (SSSR count). The van der Waals surface area contributed by atoms with Crippen molar-refractivity contribution in [1.29, 1.82) is 0 Å². The van der Waals surface area contributed by atoms with Crippen LogP contribution in [0.15, 0.2) is 54.9 Å². The van der Waals surface area contributed by atoms with Gasteiger partial charge in [0.25, 0.3) is 5.91 Å². The Morgan fingerprint density at radius 1 is 1.12 bits per heavy atom. The lowest BCUT2D eigenvalue weighted by atomic mass is 9.95. The smallest absolute Gasteiger partial charge is 0.410 e. The monoisotopic (exact) mass is 460 g/mol. The predicted octanol–water partition coefficient (Wildman–Crippen LogP) is 5.02. The minimum atomic E-state index is -0.511. The van der Waals surface area contributed by atoms with Crippen LogP contribution in [0, 0.1) is 5.92 Å². The molecule has 0 atom stereocenters. The fourth-order valence-corrected chi connectivity index (χ4v) is 4.31. The highest BCUT2D eigenvalue weighted by atomic mass is 16.6. The summed E-state index contributed by atoms with van der Waals surface area (Å²) in [7, 11) is 1.77. The Bertz CT molecular complexity index is 1170. The van der Waals surface area contributed by atoms with Gasteiger partial charge in [0.2, 0.25) is 0 Å². The van der Waals surface area contributed by atoms with E-state index < -0.39 is 5.60 Å². The van der Waals surface area contributed by atoms with Gasteiger partial charge in [-0.25, -0.2) is 9.78 Å². The number of amides is 2. The second kappa shape index (κ2) is 9.79. The maximum Gasteiger partial charge on any atom is 0.410 e. The molecule has 1 aliphatic rings. The van der Waals surface area contributed by atoms with Crippen LogP contribution in [-0.2, 0) is 4.74 Å². The first-order valence-corrected chi connectivity index (χ1v) is 11.7. The number of para-hydroxylation sites is 1. The van der Waals surface area contributed by atoms with E-state index in [9.17, 15) is 9.59 Å². The number of nitrogens with zero attached hydrogens (tertiary/aromatic N) is 4. The fourth-order valence-electron chi connectivity index (χ4n) is 4.31. The van der Waals surface area contributed by atoms with Crippen molar-refractivity contribution in [2.24, 2.45) is 5.92 Å².